The number of para-hydroxylation sites is 2. The summed E-state index contributed by atoms with van der Waals surface area (Å²) in [5.41, 5.74) is 15.5. The summed E-state index contributed by atoms with van der Waals surface area (Å²) < 4.78 is 4.67. The Labute approximate surface area is 324 Å². The molecule has 0 amide bonds. The van der Waals surface area contributed by atoms with Crippen molar-refractivity contribution >= 4 is 43.7 Å². The van der Waals surface area contributed by atoms with E-state index >= 15 is 0 Å². The van der Waals surface area contributed by atoms with Crippen LogP contribution in [0.1, 0.15) is 0 Å². The van der Waals surface area contributed by atoms with Gasteiger partial charge < -0.3 is 4.57 Å². The van der Waals surface area contributed by atoms with Crippen LogP contribution in [0.4, 0.5) is 0 Å². The van der Waals surface area contributed by atoms with Crippen LogP contribution in [0.2, 0.25) is 0 Å². The molecule has 56 heavy (non-hydrogen) atoms. The minimum atomic E-state index is 0.958. The molecule has 0 saturated carbocycles. The number of aromatic nitrogens is 4. The number of nitrogens with zero attached hydrogens (tertiary/aromatic N) is 4. The van der Waals surface area contributed by atoms with E-state index in [9.17, 15) is 0 Å². The molecule has 0 unspecified atom stereocenters. The lowest BCUT2D eigenvalue weighted by Crippen LogP contribution is -1.95. The second-order valence-corrected chi connectivity index (χ2v) is 14.2. The predicted octanol–water partition coefficient (Wildman–Crippen LogP) is 13.3. The molecule has 0 N–H and O–H groups in total. The summed E-state index contributed by atoms with van der Waals surface area (Å²) in [6, 6.07) is 71.3. The summed E-state index contributed by atoms with van der Waals surface area (Å²) in [7, 11) is 0. The average Bonchev–Trinajstić information content (AvgIpc) is 3.80. The third-order valence-corrected chi connectivity index (χ3v) is 11.0. The normalized spacial score (nSPS) is 11.6. The molecule has 7 aromatic carbocycles. The van der Waals surface area contributed by atoms with Gasteiger partial charge in [-0.05, 0) is 95.1 Å². The maximum absolute atomic E-state index is 5.10. The van der Waals surface area contributed by atoms with Gasteiger partial charge in [0.1, 0.15) is 5.65 Å². The fourth-order valence-corrected chi connectivity index (χ4v) is 8.40. The van der Waals surface area contributed by atoms with Crippen LogP contribution >= 0.6 is 0 Å². The zero-order chi connectivity index (χ0) is 37.0. The number of hydrogen-bond donors (Lipinski definition) is 0. The number of rotatable bonds is 6. The van der Waals surface area contributed by atoms with E-state index in [1.807, 2.05) is 24.4 Å². The molecule has 0 bridgehead atoms. The Morgan fingerprint density at radius 2 is 0.929 bits per heavy atom. The SMILES string of the molecule is c1ccc(-c2cc(-c3ccc(-n4c5ccccc5c5c(-c6ccc7c(c6)c6cccnc6n7-c6ccccc6)cccc54)cc3)cc(-c3ccccc3)n2)cc1. The Morgan fingerprint density at radius 1 is 0.339 bits per heavy atom. The van der Waals surface area contributed by atoms with E-state index in [4.69, 9.17) is 9.97 Å². The Kier molecular flexibility index (Phi) is 7.46. The van der Waals surface area contributed by atoms with Gasteiger partial charge in [0.25, 0.3) is 0 Å². The highest BCUT2D eigenvalue weighted by molar-refractivity contribution is 6.17. The van der Waals surface area contributed by atoms with E-state index in [2.05, 4.69) is 191 Å². The van der Waals surface area contributed by atoms with Crippen LogP contribution in [-0.4, -0.2) is 19.1 Å². The summed E-state index contributed by atoms with van der Waals surface area (Å²) in [6.45, 7) is 0. The molecule has 4 aromatic heterocycles. The largest absolute Gasteiger partial charge is 0.309 e. The summed E-state index contributed by atoms with van der Waals surface area (Å²) in [6.07, 6.45) is 1.88. The zero-order valence-corrected chi connectivity index (χ0v) is 30.4. The Hall–Kier alpha value is -7.56. The van der Waals surface area contributed by atoms with Crippen LogP contribution in [0.25, 0.3) is 99.9 Å². The van der Waals surface area contributed by atoms with Crippen molar-refractivity contribution in [3.05, 3.63) is 206 Å². The first-order chi connectivity index (χ1) is 27.8. The van der Waals surface area contributed by atoms with Gasteiger partial charge in [0, 0.05) is 50.2 Å². The summed E-state index contributed by atoms with van der Waals surface area (Å²) >= 11 is 0. The smallest absolute Gasteiger partial charge is 0.145 e. The van der Waals surface area contributed by atoms with Crippen LogP contribution < -0.4 is 0 Å². The molecule has 4 nitrogen and oxygen atoms in total. The van der Waals surface area contributed by atoms with Crippen molar-refractivity contribution in [1.82, 2.24) is 19.1 Å². The summed E-state index contributed by atoms with van der Waals surface area (Å²) in [5.74, 6) is 0. The van der Waals surface area contributed by atoms with Gasteiger partial charge in [0.05, 0.1) is 27.9 Å². The molecule has 4 heterocycles. The molecular formula is C52H34N4. The van der Waals surface area contributed by atoms with Crippen LogP contribution in [-0.2, 0) is 0 Å². The first-order valence-corrected chi connectivity index (χ1v) is 19.0. The molecule has 0 radical (unpaired) electrons. The Balaban J connectivity index is 1.05. The fraction of sp³-hybridized carbons (Fsp3) is 0. The van der Waals surface area contributed by atoms with Crippen molar-refractivity contribution in [2.75, 3.05) is 0 Å². The number of fused-ring (bicyclic) bond motifs is 6. The predicted molar refractivity (Wildman–Crippen MR) is 232 cm³/mol. The number of hydrogen-bond acceptors (Lipinski definition) is 2. The average molecular weight is 715 g/mol. The fourth-order valence-electron chi connectivity index (χ4n) is 8.40. The molecule has 0 fully saturated rings. The van der Waals surface area contributed by atoms with Gasteiger partial charge in [0.2, 0.25) is 0 Å². The molecule has 4 heteroatoms. The first-order valence-electron chi connectivity index (χ1n) is 19.0. The second kappa shape index (κ2) is 13.1. The van der Waals surface area contributed by atoms with Gasteiger partial charge in [-0.25, -0.2) is 9.97 Å². The Bertz CT molecular complexity index is 3160. The van der Waals surface area contributed by atoms with Crippen molar-refractivity contribution in [2.24, 2.45) is 0 Å². The molecule has 0 aliphatic heterocycles. The van der Waals surface area contributed by atoms with Gasteiger partial charge in [0.15, 0.2) is 0 Å². The maximum atomic E-state index is 5.10. The topological polar surface area (TPSA) is 35.6 Å². The monoisotopic (exact) mass is 714 g/mol. The summed E-state index contributed by atoms with van der Waals surface area (Å²) in [4.78, 5) is 9.94. The minimum Gasteiger partial charge on any atom is -0.309 e. The van der Waals surface area contributed by atoms with Gasteiger partial charge in [-0.3, -0.25) is 4.57 Å². The van der Waals surface area contributed by atoms with Crippen LogP contribution in [0.3, 0.4) is 0 Å². The van der Waals surface area contributed by atoms with E-state index < -0.39 is 0 Å². The van der Waals surface area contributed by atoms with Crippen molar-refractivity contribution in [1.29, 1.82) is 0 Å². The molecule has 0 aliphatic rings. The standard InChI is InChI=1S/C52H34N4/c1-4-14-36(15-5-1)46-33-39(34-47(54-46)37-16-6-2-7-17-37)35-25-28-41(29-26-35)55-48-23-11-10-20-44(48)51-42(21-12-24-50(51)55)38-27-30-49-45(32-38)43-22-13-31-53-52(43)56(49)40-18-8-3-9-19-40/h1-34H. The van der Waals surface area contributed by atoms with Crippen molar-refractivity contribution in [2.45, 2.75) is 0 Å². The van der Waals surface area contributed by atoms with Gasteiger partial charge in [-0.2, -0.15) is 0 Å². The highest BCUT2D eigenvalue weighted by Gasteiger charge is 2.19. The second-order valence-electron chi connectivity index (χ2n) is 14.2. The van der Waals surface area contributed by atoms with E-state index in [1.54, 1.807) is 0 Å². The first kappa shape index (κ1) is 31.9. The maximum Gasteiger partial charge on any atom is 0.145 e. The third-order valence-electron chi connectivity index (χ3n) is 11.0. The van der Waals surface area contributed by atoms with Crippen molar-refractivity contribution < 1.29 is 0 Å². The lowest BCUT2D eigenvalue weighted by atomic mass is 9.98. The molecule has 0 aliphatic carbocycles. The van der Waals surface area contributed by atoms with E-state index in [-0.39, 0.29) is 0 Å². The van der Waals surface area contributed by atoms with Crippen molar-refractivity contribution in [3.8, 4) is 56.1 Å². The number of benzene rings is 7. The van der Waals surface area contributed by atoms with Crippen LogP contribution in [0, 0.1) is 0 Å². The molecule has 0 spiro atoms. The third kappa shape index (κ3) is 5.23. The molecule has 11 rings (SSSR count). The van der Waals surface area contributed by atoms with E-state index in [0.717, 1.165) is 61.6 Å². The molecule has 262 valence electrons. The molecule has 0 saturated heterocycles. The van der Waals surface area contributed by atoms with Crippen molar-refractivity contribution in [3.63, 3.8) is 0 Å². The van der Waals surface area contributed by atoms with E-state index in [0.29, 0.717) is 0 Å². The molecule has 11 aromatic rings. The van der Waals surface area contributed by atoms with Gasteiger partial charge in [-0.15, -0.1) is 0 Å². The number of pyridine rings is 2. The zero-order valence-electron chi connectivity index (χ0n) is 30.4. The Morgan fingerprint density at radius 3 is 1.66 bits per heavy atom. The lowest BCUT2D eigenvalue weighted by molar-refractivity contribution is 1.14. The quantitative estimate of drug-likeness (QED) is 0.172. The molecule has 0 atom stereocenters. The van der Waals surface area contributed by atoms with E-state index in [1.165, 1.54) is 38.3 Å². The highest BCUT2D eigenvalue weighted by atomic mass is 15.0. The van der Waals surface area contributed by atoms with Gasteiger partial charge >= 0.3 is 0 Å². The van der Waals surface area contributed by atoms with Gasteiger partial charge in [-0.1, -0.05) is 127 Å². The minimum absolute atomic E-state index is 0.958. The van der Waals surface area contributed by atoms with Crippen LogP contribution in [0.15, 0.2) is 206 Å². The highest BCUT2D eigenvalue weighted by Crippen LogP contribution is 2.41. The lowest BCUT2D eigenvalue weighted by Gasteiger charge is -2.12. The molecular weight excluding hydrogens is 681 g/mol. The van der Waals surface area contributed by atoms with Crippen LogP contribution in [0.5, 0.6) is 0 Å². The summed E-state index contributed by atoms with van der Waals surface area (Å²) in [5, 5.41) is 4.80.